The Balaban J connectivity index is 1.43. The standard InChI is InChI=1S/C22H20N2O4/c1-15-4-2-5-18(12-15)28-14-21(25)23-17-8-7-16-9-10-24(19(16)13-17)22(26)20-6-3-11-27-20/h2-8,11-13H,9-10,14H2,1H3,(H,23,25). The highest BCUT2D eigenvalue weighted by Gasteiger charge is 2.27. The minimum absolute atomic E-state index is 0.0877. The Labute approximate surface area is 162 Å². The van der Waals surface area contributed by atoms with Gasteiger partial charge in [-0.15, -0.1) is 0 Å². The first-order valence-corrected chi connectivity index (χ1v) is 9.08. The van der Waals surface area contributed by atoms with Crippen LogP contribution in [0.2, 0.25) is 0 Å². The number of hydrogen-bond donors (Lipinski definition) is 1. The molecule has 1 aliphatic heterocycles. The molecule has 1 N–H and O–H groups in total. The van der Waals surface area contributed by atoms with E-state index in [1.807, 2.05) is 49.4 Å². The number of ether oxygens (including phenoxy) is 1. The topological polar surface area (TPSA) is 71.8 Å². The third-order valence-corrected chi connectivity index (χ3v) is 4.60. The van der Waals surface area contributed by atoms with E-state index < -0.39 is 0 Å². The lowest BCUT2D eigenvalue weighted by molar-refractivity contribution is -0.118. The number of nitrogens with zero attached hydrogens (tertiary/aromatic N) is 1. The van der Waals surface area contributed by atoms with Gasteiger partial charge in [-0.3, -0.25) is 9.59 Å². The molecule has 0 bridgehead atoms. The third-order valence-electron chi connectivity index (χ3n) is 4.60. The lowest BCUT2D eigenvalue weighted by atomic mass is 10.1. The van der Waals surface area contributed by atoms with Crippen LogP contribution in [0.15, 0.2) is 65.3 Å². The summed E-state index contributed by atoms with van der Waals surface area (Å²) in [7, 11) is 0. The van der Waals surface area contributed by atoms with Gasteiger partial charge in [-0.2, -0.15) is 0 Å². The van der Waals surface area contributed by atoms with Crippen molar-refractivity contribution in [2.24, 2.45) is 0 Å². The van der Waals surface area contributed by atoms with Gasteiger partial charge in [0.1, 0.15) is 5.75 Å². The summed E-state index contributed by atoms with van der Waals surface area (Å²) in [5.74, 6) is 0.506. The molecule has 6 nitrogen and oxygen atoms in total. The largest absolute Gasteiger partial charge is 0.484 e. The Morgan fingerprint density at radius 1 is 1.14 bits per heavy atom. The highest BCUT2D eigenvalue weighted by molar-refractivity contribution is 6.06. The van der Waals surface area contributed by atoms with E-state index in [2.05, 4.69) is 5.32 Å². The van der Waals surface area contributed by atoms with Crippen molar-refractivity contribution < 1.29 is 18.7 Å². The third kappa shape index (κ3) is 3.76. The smallest absolute Gasteiger partial charge is 0.293 e. The SMILES string of the molecule is Cc1cccc(OCC(=O)Nc2ccc3c(c2)N(C(=O)c2ccco2)CC3)c1. The van der Waals surface area contributed by atoms with Gasteiger partial charge in [0, 0.05) is 17.9 Å². The van der Waals surface area contributed by atoms with E-state index in [4.69, 9.17) is 9.15 Å². The first-order chi connectivity index (χ1) is 13.6. The lowest BCUT2D eigenvalue weighted by Gasteiger charge is -2.17. The number of anilines is 2. The second-order valence-electron chi connectivity index (χ2n) is 6.68. The van der Waals surface area contributed by atoms with Crippen LogP contribution in [0.5, 0.6) is 5.75 Å². The molecule has 28 heavy (non-hydrogen) atoms. The molecule has 142 valence electrons. The second-order valence-corrected chi connectivity index (χ2v) is 6.68. The predicted octanol–water partition coefficient (Wildman–Crippen LogP) is 3.81. The van der Waals surface area contributed by atoms with Crippen molar-refractivity contribution in [3.63, 3.8) is 0 Å². The molecule has 1 aromatic heterocycles. The molecule has 2 heterocycles. The van der Waals surface area contributed by atoms with Crippen LogP contribution < -0.4 is 15.0 Å². The van der Waals surface area contributed by atoms with Gasteiger partial charge in [0.05, 0.1) is 6.26 Å². The minimum atomic E-state index is -0.261. The molecule has 6 heteroatoms. The number of amides is 2. The van der Waals surface area contributed by atoms with Crippen molar-refractivity contribution in [3.05, 3.63) is 77.7 Å². The number of carbonyl (C=O) groups excluding carboxylic acids is 2. The molecule has 2 aromatic carbocycles. The number of benzene rings is 2. The van der Waals surface area contributed by atoms with Crippen molar-refractivity contribution in [1.82, 2.24) is 0 Å². The normalized spacial score (nSPS) is 12.5. The van der Waals surface area contributed by atoms with Crippen molar-refractivity contribution >= 4 is 23.2 Å². The van der Waals surface area contributed by atoms with Crippen molar-refractivity contribution in [2.75, 3.05) is 23.4 Å². The molecule has 3 aromatic rings. The van der Waals surface area contributed by atoms with Crippen LogP contribution in [-0.4, -0.2) is 25.0 Å². The molecular formula is C22H20N2O4. The molecule has 0 fully saturated rings. The van der Waals surface area contributed by atoms with E-state index in [1.54, 1.807) is 17.0 Å². The fraction of sp³-hybridized carbons (Fsp3) is 0.182. The van der Waals surface area contributed by atoms with Gasteiger partial charge in [-0.1, -0.05) is 18.2 Å². The maximum atomic E-state index is 12.6. The van der Waals surface area contributed by atoms with E-state index in [0.29, 0.717) is 23.7 Å². The molecule has 0 atom stereocenters. The molecule has 0 saturated carbocycles. The molecule has 0 aliphatic carbocycles. The first-order valence-electron chi connectivity index (χ1n) is 9.08. The van der Waals surface area contributed by atoms with Crippen LogP contribution in [0.1, 0.15) is 21.7 Å². The van der Waals surface area contributed by atoms with Gasteiger partial charge in [0.25, 0.3) is 11.8 Å². The van der Waals surface area contributed by atoms with Gasteiger partial charge in [0.15, 0.2) is 12.4 Å². The second kappa shape index (κ2) is 7.60. The molecule has 0 unspecified atom stereocenters. The highest BCUT2D eigenvalue weighted by atomic mass is 16.5. The number of furan rings is 1. The Morgan fingerprint density at radius 3 is 2.82 bits per heavy atom. The summed E-state index contributed by atoms with van der Waals surface area (Å²) < 4.78 is 10.8. The predicted molar refractivity (Wildman–Crippen MR) is 106 cm³/mol. The number of carbonyl (C=O) groups is 2. The van der Waals surface area contributed by atoms with E-state index >= 15 is 0 Å². The van der Waals surface area contributed by atoms with Crippen LogP contribution in [0.3, 0.4) is 0 Å². The van der Waals surface area contributed by atoms with Gasteiger partial charge >= 0.3 is 0 Å². The molecule has 0 spiro atoms. The van der Waals surface area contributed by atoms with Crippen LogP contribution in [-0.2, 0) is 11.2 Å². The van der Waals surface area contributed by atoms with Crippen molar-refractivity contribution in [3.8, 4) is 5.75 Å². The summed E-state index contributed by atoms with van der Waals surface area (Å²) in [5.41, 5.74) is 3.54. The Bertz CT molecular complexity index is 1010. The van der Waals surface area contributed by atoms with Crippen molar-refractivity contribution in [1.29, 1.82) is 0 Å². The quantitative estimate of drug-likeness (QED) is 0.735. The van der Waals surface area contributed by atoms with Gasteiger partial charge < -0.3 is 19.4 Å². The van der Waals surface area contributed by atoms with Crippen LogP contribution in [0.25, 0.3) is 0 Å². The van der Waals surface area contributed by atoms with E-state index in [9.17, 15) is 9.59 Å². The summed E-state index contributed by atoms with van der Waals surface area (Å²) in [6, 6.07) is 16.5. The number of nitrogens with one attached hydrogen (secondary N) is 1. The number of aryl methyl sites for hydroxylation is 1. The van der Waals surface area contributed by atoms with E-state index in [1.165, 1.54) is 6.26 Å². The van der Waals surface area contributed by atoms with E-state index in [0.717, 1.165) is 23.2 Å². The zero-order valence-electron chi connectivity index (χ0n) is 15.5. The maximum Gasteiger partial charge on any atom is 0.293 e. The summed E-state index contributed by atoms with van der Waals surface area (Å²) in [5, 5.41) is 2.83. The Kier molecular flexibility index (Phi) is 4.85. The lowest BCUT2D eigenvalue weighted by Crippen LogP contribution is -2.28. The molecule has 2 amide bonds. The zero-order valence-corrected chi connectivity index (χ0v) is 15.5. The molecular weight excluding hydrogens is 356 g/mol. The number of rotatable bonds is 5. The zero-order chi connectivity index (χ0) is 19.5. The van der Waals surface area contributed by atoms with Crippen LogP contribution >= 0.6 is 0 Å². The average Bonchev–Trinajstić information content (AvgIpc) is 3.36. The molecule has 4 rings (SSSR count). The molecule has 0 radical (unpaired) electrons. The summed E-state index contributed by atoms with van der Waals surface area (Å²) in [4.78, 5) is 26.5. The first kappa shape index (κ1) is 17.9. The monoisotopic (exact) mass is 376 g/mol. The summed E-state index contributed by atoms with van der Waals surface area (Å²) in [6.07, 6.45) is 2.25. The summed E-state index contributed by atoms with van der Waals surface area (Å²) in [6.45, 7) is 2.46. The van der Waals surface area contributed by atoms with Gasteiger partial charge in [-0.25, -0.2) is 0 Å². The minimum Gasteiger partial charge on any atom is -0.484 e. The average molecular weight is 376 g/mol. The fourth-order valence-corrected chi connectivity index (χ4v) is 3.25. The van der Waals surface area contributed by atoms with Gasteiger partial charge in [0.2, 0.25) is 0 Å². The Hall–Kier alpha value is -3.54. The van der Waals surface area contributed by atoms with E-state index in [-0.39, 0.29) is 18.4 Å². The van der Waals surface area contributed by atoms with Gasteiger partial charge in [-0.05, 0) is 60.9 Å². The van der Waals surface area contributed by atoms with Crippen molar-refractivity contribution in [2.45, 2.75) is 13.3 Å². The molecule has 0 saturated heterocycles. The van der Waals surface area contributed by atoms with Crippen LogP contribution in [0, 0.1) is 6.92 Å². The number of hydrogen-bond acceptors (Lipinski definition) is 4. The highest BCUT2D eigenvalue weighted by Crippen LogP contribution is 2.32. The number of fused-ring (bicyclic) bond motifs is 1. The fourth-order valence-electron chi connectivity index (χ4n) is 3.25. The Morgan fingerprint density at radius 2 is 2.04 bits per heavy atom. The van der Waals surface area contributed by atoms with Crippen LogP contribution in [0.4, 0.5) is 11.4 Å². The maximum absolute atomic E-state index is 12.6. The molecule has 1 aliphatic rings. The summed E-state index contributed by atoms with van der Waals surface area (Å²) >= 11 is 0.